The van der Waals surface area contributed by atoms with Crippen LogP contribution in [0.25, 0.3) is 0 Å². The van der Waals surface area contributed by atoms with Crippen LogP contribution in [0.1, 0.15) is 49.2 Å². The molecule has 1 spiro atoms. The second-order valence-corrected chi connectivity index (χ2v) is 7.29. The van der Waals surface area contributed by atoms with Gasteiger partial charge in [0.25, 0.3) is 5.91 Å². The fourth-order valence-electron chi connectivity index (χ4n) is 4.02. The van der Waals surface area contributed by atoms with Gasteiger partial charge in [-0.1, -0.05) is 0 Å². The van der Waals surface area contributed by atoms with Gasteiger partial charge in [0.1, 0.15) is 11.8 Å². The van der Waals surface area contributed by atoms with E-state index in [1.165, 1.54) is 0 Å². The van der Waals surface area contributed by atoms with Gasteiger partial charge in [-0.05, 0) is 39.2 Å². The third kappa shape index (κ3) is 2.58. The molecule has 128 valence electrons. The van der Waals surface area contributed by atoms with Gasteiger partial charge in [0, 0.05) is 38.9 Å². The van der Waals surface area contributed by atoms with Crippen molar-refractivity contribution in [3.63, 3.8) is 0 Å². The molecule has 2 aliphatic heterocycles. The van der Waals surface area contributed by atoms with Gasteiger partial charge in [-0.15, -0.1) is 0 Å². The lowest BCUT2D eigenvalue weighted by atomic mass is 9.78. The quantitative estimate of drug-likeness (QED) is 0.830. The fraction of sp³-hybridized carbons (Fsp3) is 0.611. The van der Waals surface area contributed by atoms with Gasteiger partial charge in [-0.3, -0.25) is 9.59 Å². The highest BCUT2D eigenvalue weighted by atomic mass is 16.2. The van der Waals surface area contributed by atoms with Crippen LogP contribution in [0, 0.1) is 16.7 Å². The van der Waals surface area contributed by atoms with Gasteiger partial charge in [0.05, 0.1) is 11.0 Å². The Bertz CT molecular complexity index is 715. The van der Waals surface area contributed by atoms with E-state index in [-0.39, 0.29) is 17.9 Å². The summed E-state index contributed by atoms with van der Waals surface area (Å²) in [7, 11) is 1.77. The number of carbonyl (C=O) groups is 2. The Morgan fingerprint density at radius 1 is 1.33 bits per heavy atom. The monoisotopic (exact) mass is 328 g/mol. The van der Waals surface area contributed by atoms with E-state index < -0.39 is 5.41 Å². The van der Waals surface area contributed by atoms with E-state index in [0.717, 1.165) is 25.8 Å². The topological polar surface area (TPSA) is 69.3 Å². The number of piperidine rings is 1. The molecule has 0 aliphatic carbocycles. The lowest BCUT2D eigenvalue weighted by Gasteiger charge is -2.41. The van der Waals surface area contributed by atoms with Crippen LogP contribution >= 0.6 is 0 Å². The molecule has 2 amide bonds. The van der Waals surface area contributed by atoms with Crippen LogP contribution in [0.4, 0.5) is 0 Å². The Labute approximate surface area is 142 Å². The van der Waals surface area contributed by atoms with Crippen LogP contribution in [0.2, 0.25) is 0 Å². The molecule has 0 radical (unpaired) electrons. The predicted molar refractivity (Wildman–Crippen MR) is 89.2 cm³/mol. The zero-order chi connectivity index (χ0) is 17.5. The van der Waals surface area contributed by atoms with Crippen LogP contribution in [0.15, 0.2) is 12.3 Å². The molecule has 1 atom stereocenters. The standard InChI is InChI=1S/C18H24N4O2/c1-13(2)22-7-4-5-18(17(22)24)6-8-21(12-18)16(23)15-9-14(10-19)11-20(15)3/h9,11,13H,4-8,12H2,1-3H3/t18-/m1/s1. The summed E-state index contributed by atoms with van der Waals surface area (Å²) in [5.74, 6) is 0.106. The number of nitrogens with zero attached hydrogens (tertiary/aromatic N) is 4. The summed E-state index contributed by atoms with van der Waals surface area (Å²) in [6.07, 6.45) is 4.24. The van der Waals surface area contributed by atoms with Crippen molar-refractivity contribution < 1.29 is 9.59 Å². The Kier molecular flexibility index (Phi) is 4.12. The third-order valence-electron chi connectivity index (χ3n) is 5.39. The highest BCUT2D eigenvalue weighted by Crippen LogP contribution is 2.41. The molecule has 0 aromatic carbocycles. The van der Waals surface area contributed by atoms with E-state index in [1.54, 1.807) is 28.8 Å². The minimum absolute atomic E-state index is 0.0923. The molecule has 6 nitrogen and oxygen atoms in total. The van der Waals surface area contributed by atoms with E-state index in [1.807, 2.05) is 18.7 Å². The van der Waals surface area contributed by atoms with Crippen molar-refractivity contribution in [1.82, 2.24) is 14.4 Å². The van der Waals surface area contributed by atoms with E-state index in [4.69, 9.17) is 5.26 Å². The molecule has 24 heavy (non-hydrogen) atoms. The first kappa shape index (κ1) is 16.6. The lowest BCUT2D eigenvalue weighted by Crippen LogP contribution is -2.52. The molecule has 0 unspecified atom stereocenters. The zero-order valence-corrected chi connectivity index (χ0v) is 14.6. The molecule has 0 N–H and O–H groups in total. The summed E-state index contributed by atoms with van der Waals surface area (Å²) >= 11 is 0. The molecule has 2 aliphatic rings. The highest BCUT2D eigenvalue weighted by Gasteiger charge is 2.50. The number of aryl methyl sites for hydroxylation is 1. The molecular formula is C18H24N4O2. The van der Waals surface area contributed by atoms with Crippen molar-refractivity contribution in [2.24, 2.45) is 12.5 Å². The first-order chi connectivity index (χ1) is 11.4. The number of amides is 2. The maximum absolute atomic E-state index is 13.0. The van der Waals surface area contributed by atoms with Crippen molar-refractivity contribution in [3.05, 3.63) is 23.5 Å². The van der Waals surface area contributed by atoms with Crippen LogP contribution < -0.4 is 0 Å². The molecule has 0 bridgehead atoms. The van der Waals surface area contributed by atoms with Gasteiger partial charge in [0.2, 0.25) is 5.91 Å². The largest absolute Gasteiger partial charge is 0.345 e. The van der Waals surface area contributed by atoms with Crippen molar-refractivity contribution in [2.45, 2.75) is 39.2 Å². The second kappa shape index (κ2) is 5.97. The Morgan fingerprint density at radius 2 is 2.08 bits per heavy atom. The number of hydrogen-bond donors (Lipinski definition) is 0. The molecule has 3 heterocycles. The van der Waals surface area contributed by atoms with Crippen LogP contribution in [0.5, 0.6) is 0 Å². The zero-order valence-electron chi connectivity index (χ0n) is 14.6. The van der Waals surface area contributed by atoms with Gasteiger partial charge in [0.15, 0.2) is 0 Å². The second-order valence-electron chi connectivity index (χ2n) is 7.29. The summed E-state index contributed by atoms with van der Waals surface area (Å²) in [6, 6.07) is 3.88. The van der Waals surface area contributed by atoms with Gasteiger partial charge in [-0.2, -0.15) is 5.26 Å². The first-order valence-corrected chi connectivity index (χ1v) is 8.55. The molecule has 1 aromatic heterocycles. The average Bonchev–Trinajstić information content (AvgIpc) is 3.14. The number of carbonyl (C=O) groups excluding carboxylic acids is 2. The summed E-state index contributed by atoms with van der Waals surface area (Å²) < 4.78 is 1.69. The normalized spacial score (nSPS) is 24.0. The number of aromatic nitrogens is 1. The molecule has 3 rings (SSSR count). The van der Waals surface area contributed by atoms with E-state index >= 15 is 0 Å². The predicted octanol–water partition coefficient (Wildman–Crippen LogP) is 1.76. The summed E-state index contributed by atoms with van der Waals surface area (Å²) in [5.41, 5.74) is 0.573. The van der Waals surface area contributed by atoms with Crippen molar-refractivity contribution in [3.8, 4) is 6.07 Å². The number of nitriles is 1. The number of hydrogen-bond acceptors (Lipinski definition) is 3. The molecular weight excluding hydrogens is 304 g/mol. The van der Waals surface area contributed by atoms with Crippen LogP contribution in [0.3, 0.4) is 0 Å². The molecule has 6 heteroatoms. The van der Waals surface area contributed by atoms with E-state index in [9.17, 15) is 9.59 Å². The minimum atomic E-state index is -0.415. The third-order valence-corrected chi connectivity index (χ3v) is 5.39. The number of likely N-dealkylation sites (tertiary alicyclic amines) is 2. The van der Waals surface area contributed by atoms with Gasteiger partial charge < -0.3 is 14.4 Å². The fourth-order valence-corrected chi connectivity index (χ4v) is 4.02. The van der Waals surface area contributed by atoms with E-state index in [2.05, 4.69) is 6.07 Å². The maximum Gasteiger partial charge on any atom is 0.270 e. The van der Waals surface area contributed by atoms with Gasteiger partial charge in [-0.25, -0.2) is 0 Å². The van der Waals surface area contributed by atoms with Crippen LogP contribution in [-0.2, 0) is 11.8 Å². The van der Waals surface area contributed by atoms with E-state index in [0.29, 0.717) is 24.3 Å². The Balaban J connectivity index is 1.79. The molecule has 2 saturated heterocycles. The summed E-state index contributed by atoms with van der Waals surface area (Å²) in [4.78, 5) is 29.5. The average molecular weight is 328 g/mol. The summed E-state index contributed by atoms with van der Waals surface area (Å²) in [6.45, 7) is 5.99. The minimum Gasteiger partial charge on any atom is -0.345 e. The van der Waals surface area contributed by atoms with Crippen LogP contribution in [-0.4, -0.2) is 51.9 Å². The van der Waals surface area contributed by atoms with Crippen molar-refractivity contribution >= 4 is 11.8 Å². The highest BCUT2D eigenvalue weighted by molar-refractivity contribution is 5.94. The smallest absolute Gasteiger partial charge is 0.270 e. The molecule has 1 aromatic rings. The molecule has 2 fully saturated rings. The SMILES string of the molecule is CC(C)N1CCC[C@]2(CCN(C(=O)c3cc(C#N)cn3C)C2)C1=O. The van der Waals surface area contributed by atoms with Crippen molar-refractivity contribution in [1.29, 1.82) is 5.26 Å². The van der Waals surface area contributed by atoms with Gasteiger partial charge >= 0.3 is 0 Å². The maximum atomic E-state index is 13.0. The Morgan fingerprint density at radius 3 is 2.71 bits per heavy atom. The molecule has 0 saturated carbocycles. The van der Waals surface area contributed by atoms with Crippen molar-refractivity contribution in [2.75, 3.05) is 19.6 Å². The lowest BCUT2D eigenvalue weighted by molar-refractivity contribution is -0.147. The summed E-state index contributed by atoms with van der Waals surface area (Å²) in [5, 5.41) is 9.00. The first-order valence-electron chi connectivity index (χ1n) is 8.55. The Hall–Kier alpha value is -2.29. The number of rotatable bonds is 2.